The number of piperidine rings is 1. The van der Waals surface area contributed by atoms with Crippen LogP contribution in [0.25, 0.3) is 0 Å². The Labute approximate surface area is 103 Å². The summed E-state index contributed by atoms with van der Waals surface area (Å²) in [6, 6.07) is 0.170. The maximum Gasteiger partial charge on any atom is 0.407 e. The third kappa shape index (κ3) is 3.16. The summed E-state index contributed by atoms with van der Waals surface area (Å²) in [5.74, 6) is 0.429. The summed E-state index contributed by atoms with van der Waals surface area (Å²) in [6.07, 6.45) is 1.93. The number of nitrogens with zero attached hydrogens (tertiary/aromatic N) is 4. The van der Waals surface area contributed by atoms with Gasteiger partial charge in [0.1, 0.15) is 6.33 Å². The van der Waals surface area contributed by atoms with Crippen molar-refractivity contribution in [1.29, 1.82) is 0 Å². The number of aromatic nitrogens is 3. The van der Waals surface area contributed by atoms with Crippen molar-refractivity contribution in [3.8, 4) is 0 Å². The van der Waals surface area contributed by atoms with Gasteiger partial charge in [-0.3, -0.25) is 0 Å². The van der Waals surface area contributed by atoms with Gasteiger partial charge in [0.25, 0.3) is 0 Å². The fourth-order valence-electron chi connectivity index (χ4n) is 1.74. The second-order valence-corrected chi connectivity index (χ2v) is 4.10. The molecule has 2 N–H and O–H groups in total. The van der Waals surface area contributed by atoms with E-state index < -0.39 is 6.09 Å². The lowest BCUT2D eigenvalue weighted by molar-refractivity contribution is 0.133. The van der Waals surface area contributed by atoms with E-state index in [1.54, 1.807) is 0 Å². The third-order valence-electron chi connectivity index (χ3n) is 2.64. The monoisotopic (exact) mass is 257 g/mol. The predicted molar refractivity (Wildman–Crippen MR) is 61.1 cm³/mol. The maximum absolute atomic E-state index is 10.7. The second kappa shape index (κ2) is 5.13. The quantitative estimate of drug-likeness (QED) is 0.824. The molecule has 2 heterocycles. The smallest absolute Gasteiger partial charge is 0.407 e. The highest BCUT2D eigenvalue weighted by Crippen LogP contribution is 2.14. The number of nitrogens with one attached hydrogen (secondary N) is 1. The molecule has 0 aromatic carbocycles. The van der Waals surface area contributed by atoms with Crippen LogP contribution in [0.5, 0.6) is 0 Å². The molecule has 0 aliphatic carbocycles. The molecule has 1 aromatic rings. The van der Waals surface area contributed by atoms with Crippen LogP contribution in [0.4, 0.5) is 10.7 Å². The van der Waals surface area contributed by atoms with Gasteiger partial charge in [-0.05, 0) is 24.4 Å². The Morgan fingerprint density at radius 1 is 1.47 bits per heavy atom. The Morgan fingerprint density at radius 3 is 2.76 bits per heavy atom. The summed E-state index contributed by atoms with van der Waals surface area (Å²) < 4.78 is 0. The molecule has 92 valence electrons. The number of hydrogen-bond donors (Lipinski definition) is 2. The highest BCUT2D eigenvalue weighted by atomic mass is 35.5. The SMILES string of the molecule is O=C(O)N1CCC(Nc2ncnc(Cl)n2)CC1. The van der Waals surface area contributed by atoms with Gasteiger partial charge >= 0.3 is 6.09 Å². The van der Waals surface area contributed by atoms with Crippen molar-refractivity contribution >= 4 is 23.6 Å². The number of halogens is 1. The first kappa shape index (κ1) is 11.8. The number of amides is 1. The number of likely N-dealkylation sites (tertiary alicyclic amines) is 1. The summed E-state index contributed by atoms with van der Waals surface area (Å²) in [5.41, 5.74) is 0. The van der Waals surface area contributed by atoms with E-state index in [0.29, 0.717) is 19.0 Å². The van der Waals surface area contributed by atoms with Gasteiger partial charge in [-0.25, -0.2) is 14.8 Å². The minimum absolute atomic E-state index is 0.144. The van der Waals surface area contributed by atoms with Gasteiger partial charge in [-0.15, -0.1) is 0 Å². The second-order valence-electron chi connectivity index (χ2n) is 3.77. The number of hydrogen-bond acceptors (Lipinski definition) is 5. The van der Waals surface area contributed by atoms with Crippen LogP contribution in [0, 0.1) is 0 Å². The van der Waals surface area contributed by atoms with Crippen LogP contribution in [0.3, 0.4) is 0 Å². The van der Waals surface area contributed by atoms with Gasteiger partial charge in [-0.2, -0.15) is 4.98 Å². The number of carboxylic acid groups (broad SMARTS) is 1. The predicted octanol–water partition coefficient (Wildman–Crippen LogP) is 1.08. The van der Waals surface area contributed by atoms with Crippen molar-refractivity contribution in [2.75, 3.05) is 18.4 Å². The Kier molecular flexibility index (Phi) is 3.58. The lowest BCUT2D eigenvalue weighted by Crippen LogP contribution is -2.41. The number of anilines is 1. The Balaban J connectivity index is 1.88. The van der Waals surface area contributed by atoms with E-state index in [0.717, 1.165) is 12.8 Å². The first-order valence-electron chi connectivity index (χ1n) is 5.24. The maximum atomic E-state index is 10.7. The zero-order chi connectivity index (χ0) is 12.3. The van der Waals surface area contributed by atoms with E-state index in [4.69, 9.17) is 16.7 Å². The minimum Gasteiger partial charge on any atom is -0.465 e. The van der Waals surface area contributed by atoms with Crippen LogP contribution in [-0.4, -0.2) is 50.2 Å². The molecule has 0 radical (unpaired) electrons. The molecule has 1 saturated heterocycles. The molecule has 0 unspecified atom stereocenters. The molecule has 8 heteroatoms. The molecule has 0 saturated carbocycles. The minimum atomic E-state index is -0.869. The van der Waals surface area contributed by atoms with Crippen LogP contribution in [0.1, 0.15) is 12.8 Å². The Hall–Kier alpha value is -1.63. The highest BCUT2D eigenvalue weighted by molar-refractivity contribution is 6.28. The molecule has 0 bridgehead atoms. The summed E-state index contributed by atoms with van der Waals surface area (Å²) >= 11 is 5.64. The summed E-state index contributed by atoms with van der Waals surface area (Å²) in [5, 5.41) is 12.1. The average molecular weight is 258 g/mol. The molecule has 1 aromatic heterocycles. The fraction of sp³-hybridized carbons (Fsp3) is 0.556. The standard InChI is InChI=1S/C9H12ClN5O2/c10-7-11-5-12-8(14-7)13-6-1-3-15(4-2-6)9(16)17/h5-6H,1-4H2,(H,16,17)(H,11,12,13,14). The zero-order valence-corrected chi connectivity index (χ0v) is 9.76. The molecule has 2 rings (SSSR count). The fourth-order valence-corrected chi connectivity index (χ4v) is 1.87. The highest BCUT2D eigenvalue weighted by Gasteiger charge is 2.22. The van der Waals surface area contributed by atoms with E-state index >= 15 is 0 Å². The van der Waals surface area contributed by atoms with E-state index in [-0.39, 0.29) is 11.3 Å². The molecule has 1 amide bonds. The molecule has 1 fully saturated rings. The number of rotatable bonds is 2. The average Bonchev–Trinajstić information content (AvgIpc) is 2.29. The first-order chi connectivity index (χ1) is 8.15. The van der Waals surface area contributed by atoms with Crippen LogP contribution < -0.4 is 5.32 Å². The van der Waals surface area contributed by atoms with E-state index in [2.05, 4.69) is 20.3 Å². The Morgan fingerprint density at radius 2 is 2.18 bits per heavy atom. The van der Waals surface area contributed by atoms with Gasteiger partial charge in [0, 0.05) is 19.1 Å². The van der Waals surface area contributed by atoms with Crippen LogP contribution in [-0.2, 0) is 0 Å². The molecular formula is C9H12ClN5O2. The Bertz CT molecular complexity index is 408. The molecule has 0 atom stereocenters. The zero-order valence-electron chi connectivity index (χ0n) is 9.01. The topological polar surface area (TPSA) is 91.2 Å². The van der Waals surface area contributed by atoms with Crippen molar-refractivity contribution in [2.24, 2.45) is 0 Å². The van der Waals surface area contributed by atoms with E-state index in [9.17, 15) is 4.79 Å². The summed E-state index contributed by atoms with van der Waals surface area (Å²) in [4.78, 5) is 23.7. The summed E-state index contributed by atoms with van der Waals surface area (Å²) in [7, 11) is 0. The third-order valence-corrected chi connectivity index (χ3v) is 2.82. The summed E-state index contributed by atoms with van der Waals surface area (Å²) in [6.45, 7) is 1.04. The molecule has 7 nitrogen and oxygen atoms in total. The van der Waals surface area contributed by atoms with Crippen molar-refractivity contribution < 1.29 is 9.90 Å². The van der Waals surface area contributed by atoms with Gasteiger partial charge in [0.05, 0.1) is 0 Å². The lowest BCUT2D eigenvalue weighted by atomic mass is 10.1. The van der Waals surface area contributed by atoms with Gasteiger partial charge in [-0.1, -0.05) is 0 Å². The first-order valence-corrected chi connectivity index (χ1v) is 5.62. The van der Waals surface area contributed by atoms with E-state index in [1.807, 2.05) is 0 Å². The molecule has 1 aliphatic heterocycles. The lowest BCUT2D eigenvalue weighted by Gasteiger charge is -2.30. The molecule has 17 heavy (non-hydrogen) atoms. The normalized spacial score (nSPS) is 16.9. The van der Waals surface area contributed by atoms with Crippen molar-refractivity contribution in [1.82, 2.24) is 19.9 Å². The largest absolute Gasteiger partial charge is 0.465 e. The van der Waals surface area contributed by atoms with Crippen molar-refractivity contribution in [3.05, 3.63) is 11.6 Å². The van der Waals surface area contributed by atoms with Gasteiger partial charge < -0.3 is 15.3 Å². The van der Waals surface area contributed by atoms with Crippen LogP contribution in [0.15, 0.2) is 6.33 Å². The van der Waals surface area contributed by atoms with E-state index in [1.165, 1.54) is 11.2 Å². The van der Waals surface area contributed by atoms with Crippen molar-refractivity contribution in [2.45, 2.75) is 18.9 Å². The van der Waals surface area contributed by atoms with Gasteiger partial charge in [0.15, 0.2) is 0 Å². The van der Waals surface area contributed by atoms with Gasteiger partial charge in [0.2, 0.25) is 11.2 Å². The molecular weight excluding hydrogens is 246 g/mol. The number of carbonyl (C=O) groups is 1. The molecule has 1 aliphatic rings. The molecule has 0 spiro atoms. The van der Waals surface area contributed by atoms with Crippen LogP contribution in [0.2, 0.25) is 5.28 Å². The van der Waals surface area contributed by atoms with Crippen LogP contribution >= 0.6 is 11.6 Å². The van der Waals surface area contributed by atoms with Crippen molar-refractivity contribution in [3.63, 3.8) is 0 Å².